The van der Waals surface area contributed by atoms with E-state index in [4.69, 9.17) is 14.2 Å². The lowest BCUT2D eigenvalue weighted by Crippen LogP contribution is -2.30. The van der Waals surface area contributed by atoms with Crippen LogP contribution in [0.2, 0.25) is 0 Å². The molecule has 0 radical (unpaired) electrons. The Morgan fingerprint density at radius 3 is 0.803 bits per heavy atom. The van der Waals surface area contributed by atoms with Gasteiger partial charge in [0.15, 0.2) is 6.10 Å². The van der Waals surface area contributed by atoms with E-state index < -0.39 is 6.10 Å². The van der Waals surface area contributed by atoms with E-state index in [1.165, 1.54) is 257 Å². The summed E-state index contributed by atoms with van der Waals surface area (Å²) in [5, 5.41) is 0. The lowest BCUT2D eigenvalue weighted by molar-refractivity contribution is -0.167. The van der Waals surface area contributed by atoms with Crippen LogP contribution in [-0.4, -0.2) is 37.2 Å². The molecule has 0 amide bonds. The first-order chi connectivity index (χ1) is 34.8. The van der Waals surface area contributed by atoms with Gasteiger partial charge in [0.25, 0.3) is 0 Å². The van der Waals surface area contributed by atoms with Crippen LogP contribution in [0.3, 0.4) is 0 Å². The Balaban J connectivity index is 4.26. The van der Waals surface area contributed by atoms with Crippen molar-refractivity contribution in [2.75, 3.05) is 13.2 Å². The Kier molecular flexibility index (Phi) is 56.4. The molecule has 0 bridgehead atoms. The molecule has 0 rings (SSSR count). The van der Waals surface area contributed by atoms with E-state index in [0.29, 0.717) is 19.3 Å². The summed E-state index contributed by atoms with van der Waals surface area (Å²) in [6.07, 6.45) is 63.9. The molecule has 0 aliphatic rings. The van der Waals surface area contributed by atoms with Crippen LogP contribution in [0.4, 0.5) is 0 Å². The van der Waals surface area contributed by atoms with Crippen molar-refractivity contribution >= 4 is 17.9 Å². The summed E-state index contributed by atoms with van der Waals surface area (Å²) in [4.78, 5) is 38.3. The van der Waals surface area contributed by atoms with E-state index >= 15 is 0 Å². The Morgan fingerprint density at radius 2 is 0.535 bits per heavy atom. The number of carbonyl (C=O) groups excluding carboxylic acids is 3. The molecule has 0 aliphatic carbocycles. The summed E-state index contributed by atoms with van der Waals surface area (Å²) in [6.45, 7) is 11.5. The van der Waals surface area contributed by atoms with E-state index in [1.54, 1.807) is 0 Å². The third kappa shape index (κ3) is 57.5. The second kappa shape index (κ2) is 57.7. The van der Waals surface area contributed by atoms with Crippen molar-refractivity contribution in [1.82, 2.24) is 0 Å². The van der Waals surface area contributed by atoms with Gasteiger partial charge in [-0.3, -0.25) is 14.4 Å². The maximum absolute atomic E-state index is 12.9. The number of unbranched alkanes of at least 4 members (excludes halogenated alkanes) is 43. The highest BCUT2D eigenvalue weighted by Crippen LogP contribution is 2.19. The molecule has 2 atom stereocenters. The highest BCUT2D eigenvalue weighted by molar-refractivity contribution is 5.71. The smallest absolute Gasteiger partial charge is 0.306 e. The molecule has 0 aromatic carbocycles. The third-order valence-corrected chi connectivity index (χ3v) is 15.3. The molecule has 0 fully saturated rings. The molecule has 0 N–H and O–H groups in total. The van der Waals surface area contributed by atoms with Crippen molar-refractivity contribution in [3.8, 4) is 0 Å². The molecule has 0 heterocycles. The number of ether oxygens (including phenoxy) is 3. The molecular weight excluding hydrogens is 877 g/mol. The predicted molar refractivity (Wildman–Crippen MR) is 307 cm³/mol. The van der Waals surface area contributed by atoms with Gasteiger partial charge in [0.2, 0.25) is 0 Å². The summed E-state index contributed by atoms with van der Waals surface area (Å²) in [5.41, 5.74) is 0. The van der Waals surface area contributed by atoms with E-state index in [9.17, 15) is 14.4 Å². The number of hydrogen-bond acceptors (Lipinski definition) is 6. The van der Waals surface area contributed by atoms with Gasteiger partial charge in [-0.25, -0.2) is 0 Å². The summed E-state index contributed by atoms with van der Waals surface area (Å²) in [7, 11) is 0. The summed E-state index contributed by atoms with van der Waals surface area (Å²) < 4.78 is 17.0. The first-order valence-electron chi connectivity index (χ1n) is 32.3. The molecule has 0 aromatic heterocycles. The maximum Gasteiger partial charge on any atom is 0.306 e. The Morgan fingerprint density at radius 1 is 0.296 bits per heavy atom. The van der Waals surface area contributed by atoms with Crippen molar-refractivity contribution in [3.63, 3.8) is 0 Å². The Hall–Kier alpha value is -1.59. The number of carbonyl (C=O) groups is 3. The first kappa shape index (κ1) is 69.4. The fourth-order valence-corrected chi connectivity index (χ4v) is 10.1. The van der Waals surface area contributed by atoms with Gasteiger partial charge >= 0.3 is 17.9 Å². The Bertz CT molecular complexity index is 1090. The van der Waals surface area contributed by atoms with Crippen LogP contribution >= 0.6 is 0 Å². The van der Waals surface area contributed by atoms with Crippen molar-refractivity contribution < 1.29 is 28.6 Å². The predicted octanol–water partition coefficient (Wildman–Crippen LogP) is 21.6. The van der Waals surface area contributed by atoms with E-state index in [0.717, 1.165) is 69.6 Å². The monoisotopic (exact) mass is 1000 g/mol. The topological polar surface area (TPSA) is 78.9 Å². The molecular formula is C65H126O6. The summed E-state index contributed by atoms with van der Waals surface area (Å²) in [6, 6.07) is 0. The van der Waals surface area contributed by atoms with Gasteiger partial charge in [-0.05, 0) is 31.1 Å². The average Bonchev–Trinajstić information content (AvgIpc) is 3.36. The lowest BCUT2D eigenvalue weighted by Gasteiger charge is -2.18. The van der Waals surface area contributed by atoms with Crippen LogP contribution in [0.5, 0.6) is 0 Å². The summed E-state index contributed by atoms with van der Waals surface area (Å²) in [5.74, 6) is 0.897. The molecule has 6 nitrogen and oxygen atoms in total. The standard InChI is InChI=1S/C65H126O6/c1-6-8-9-10-11-12-13-14-15-16-20-24-27-30-37-42-47-52-57-65(68)71-62(59-70-64(67)56-51-46-41-36-32-31-34-39-44-49-54-61(5)7-2)58-69-63(66)55-50-45-40-35-29-26-23-21-18-17-19-22-25-28-33-38-43-48-53-60(3)4/h60-62H,6-59H2,1-5H3/t61?,62-/m1/s1. The molecule has 0 aliphatic heterocycles. The average molecular weight is 1000 g/mol. The fraction of sp³-hybridized carbons (Fsp3) is 0.954. The number of esters is 3. The molecule has 0 saturated carbocycles. The van der Waals surface area contributed by atoms with E-state index in [2.05, 4.69) is 34.6 Å². The van der Waals surface area contributed by atoms with Gasteiger partial charge in [-0.2, -0.15) is 0 Å². The highest BCUT2D eigenvalue weighted by atomic mass is 16.6. The van der Waals surface area contributed by atoms with Gasteiger partial charge in [0, 0.05) is 19.3 Å². The molecule has 422 valence electrons. The second-order valence-corrected chi connectivity index (χ2v) is 23.1. The van der Waals surface area contributed by atoms with Gasteiger partial charge < -0.3 is 14.2 Å². The maximum atomic E-state index is 12.9. The highest BCUT2D eigenvalue weighted by Gasteiger charge is 2.19. The fourth-order valence-electron chi connectivity index (χ4n) is 10.1. The largest absolute Gasteiger partial charge is 0.462 e. The minimum absolute atomic E-state index is 0.0620. The van der Waals surface area contributed by atoms with Crippen LogP contribution in [-0.2, 0) is 28.6 Å². The molecule has 0 saturated heterocycles. The molecule has 6 heteroatoms. The SMILES string of the molecule is CCCCCCCCCCCCCCCCCCCCC(=O)O[C@H](COC(=O)CCCCCCCCCCCCCCCCCCCCC(C)C)COC(=O)CCCCCCCCCCCCC(C)CC. The molecule has 1 unspecified atom stereocenters. The van der Waals surface area contributed by atoms with Crippen LogP contribution in [0, 0.1) is 11.8 Å². The van der Waals surface area contributed by atoms with Crippen LogP contribution < -0.4 is 0 Å². The Labute approximate surface area is 444 Å². The molecule has 71 heavy (non-hydrogen) atoms. The lowest BCUT2D eigenvalue weighted by atomic mass is 9.99. The van der Waals surface area contributed by atoms with Crippen molar-refractivity contribution in [3.05, 3.63) is 0 Å². The number of rotatable bonds is 59. The van der Waals surface area contributed by atoms with E-state index in [-0.39, 0.29) is 31.1 Å². The quantitative estimate of drug-likeness (QED) is 0.0343. The van der Waals surface area contributed by atoms with Crippen LogP contribution in [0.25, 0.3) is 0 Å². The third-order valence-electron chi connectivity index (χ3n) is 15.3. The second-order valence-electron chi connectivity index (χ2n) is 23.1. The van der Waals surface area contributed by atoms with Gasteiger partial charge in [-0.1, -0.05) is 330 Å². The zero-order valence-corrected chi connectivity index (χ0v) is 48.9. The number of hydrogen-bond donors (Lipinski definition) is 0. The zero-order valence-electron chi connectivity index (χ0n) is 48.9. The zero-order chi connectivity index (χ0) is 51.8. The van der Waals surface area contributed by atoms with Crippen molar-refractivity contribution in [2.24, 2.45) is 11.8 Å². The van der Waals surface area contributed by atoms with Crippen molar-refractivity contribution in [2.45, 2.75) is 375 Å². The minimum Gasteiger partial charge on any atom is -0.462 e. The minimum atomic E-state index is -0.764. The van der Waals surface area contributed by atoms with Crippen molar-refractivity contribution in [1.29, 1.82) is 0 Å². The van der Waals surface area contributed by atoms with Gasteiger partial charge in [0.05, 0.1) is 0 Å². The first-order valence-corrected chi connectivity index (χ1v) is 32.3. The molecule has 0 spiro atoms. The van der Waals surface area contributed by atoms with Crippen LogP contribution in [0.1, 0.15) is 369 Å². The van der Waals surface area contributed by atoms with Crippen LogP contribution in [0.15, 0.2) is 0 Å². The van der Waals surface area contributed by atoms with E-state index in [1.807, 2.05) is 0 Å². The summed E-state index contributed by atoms with van der Waals surface area (Å²) >= 11 is 0. The van der Waals surface area contributed by atoms with Gasteiger partial charge in [-0.15, -0.1) is 0 Å². The molecule has 0 aromatic rings. The normalized spacial score (nSPS) is 12.4. The van der Waals surface area contributed by atoms with Gasteiger partial charge in [0.1, 0.15) is 13.2 Å².